The molecule has 0 aromatic heterocycles. The van der Waals surface area contributed by atoms with Crippen LogP contribution in [0.25, 0.3) is 11.1 Å². The summed E-state index contributed by atoms with van der Waals surface area (Å²) in [5, 5.41) is -1.05. The van der Waals surface area contributed by atoms with Gasteiger partial charge in [0.2, 0.25) is 10.0 Å². The van der Waals surface area contributed by atoms with Gasteiger partial charge in [-0.15, -0.1) is 0 Å². The fourth-order valence-electron chi connectivity index (χ4n) is 4.52. The quantitative estimate of drug-likeness (QED) is 0.443. The Balaban J connectivity index is 1.89. The van der Waals surface area contributed by atoms with Crippen LogP contribution in [-0.2, 0) is 14.8 Å². The first kappa shape index (κ1) is 29.8. The molecule has 208 valence electrons. The van der Waals surface area contributed by atoms with Gasteiger partial charge in [0.15, 0.2) is 0 Å². The highest BCUT2D eigenvalue weighted by molar-refractivity contribution is 7.90. The van der Waals surface area contributed by atoms with E-state index in [0.29, 0.717) is 11.1 Å². The van der Waals surface area contributed by atoms with Crippen molar-refractivity contribution in [3.05, 3.63) is 96.4 Å². The predicted octanol–water partition coefficient (Wildman–Crippen LogP) is 4.49. The first-order valence-corrected chi connectivity index (χ1v) is 13.9. The molecule has 1 unspecified atom stereocenters. The third kappa shape index (κ3) is 6.82. The molecule has 2 aromatic carbocycles. The number of nitrogens with two attached hydrogens (primary N) is 1. The summed E-state index contributed by atoms with van der Waals surface area (Å²) in [5.41, 5.74) is 7.47. The van der Waals surface area contributed by atoms with Crippen molar-refractivity contribution < 1.29 is 22.3 Å². The van der Waals surface area contributed by atoms with Crippen molar-refractivity contribution in [2.75, 3.05) is 20.6 Å². The van der Waals surface area contributed by atoms with Gasteiger partial charge in [0.1, 0.15) is 16.7 Å². The van der Waals surface area contributed by atoms with Crippen LogP contribution < -0.4 is 10.5 Å². The molecule has 0 saturated carbocycles. The molecule has 0 radical (unpaired) electrons. The topological polar surface area (TPSA) is 114 Å². The number of hydrogen-bond acceptors (Lipinski definition) is 6. The number of rotatable bonds is 9. The predicted molar refractivity (Wildman–Crippen MR) is 153 cm³/mol. The second kappa shape index (κ2) is 12.0. The van der Waals surface area contributed by atoms with Crippen molar-refractivity contribution in [2.24, 2.45) is 10.7 Å². The average molecular weight is 555 g/mol. The fraction of sp³-hybridized carbons (Fsp3) is 0.310. The highest BCUT2D eigenvalue weighted by Crippen LogP contribution is 2.39. The van der Waals surface area contributed by atoms with Crippen molar-refractivity contribution in [1.29, 1.82) is 0 Å². The number of nitrogens with zero attached hydrogens (tertiary/aromatic N) is 2. The zero-order valence-corrected chi connectivity index (χ0v) is 23.5. The number of sulfonamides is 1. The summed E-state index contributed by atoms with van der Waals surface area (Å²) < 4.78 is 49.4. The van der Waals surface area contributed by atoms with Gasteiger partial charge < -0.3 is 15.4 Å². The van der Waals surface area contributed by atoms with Crippen LogP contribution in [0.15, 0.2) is 90.2 Å². The van der Waals surface area contributed by atoms with E-state index in [1.807, 2.05) is 24.3 Å². The van der Waals surface area contributed by atoms with E-state index >= 15 is 0 Å². The van der Waals surface area contributed by atoms with Gasteiger partial charge in [0.05, 0.1) is 6.04 Å². The lowest BCUT2D eigenvalue weighted by Crippen LogP contribution is -2.53. The minimum absolute atomic E-state index is 0.0889. The molecule has 3 rings (SSSR count). The van der Waals surface area contributed by atoms with Gasteiger partial charge in [-0.05, 0) is 55.6 Å². The second-order valence-corrected chi connectivity index (χ2v) is 11.7. The third-order valence-corrected chi connectivity index (χ3v) is 8.22. The second-order valence-electron chi connectivity index (χ2n) is 9.92. The molecule has 10 heteroatoms. The highest BCUT2D eigenvalue weighted by Gasteiger charge is 2.48. The molecular weight excluding hydrogens is 519 g/mol. The van der Waals surface area contributed by atoms with Gasteiger partial charge in [-0.2, -0.15) is 0 Å². The molecule has 1 heterocycles. The first-order valence-electron chi connectivity index (χ1n) is 12.4. The summed E-state index contributed by atoms with van der Waals surface area (Å²) in [7, 11) is -0.599. The maximum absolute atomic E-state index is 14.1. The van der Waals surface area contributed by atoms with Gasteiger partial charge in [-0.1, -0.05) is 61.7 Å². The number of amides is 1. The van der Waals surface area contributed by atoms with Crippen LogP contribution in [0.3, 0.4) is 0 Å². The van der Waals surface area contributed by atoms with Crippen LogP contribution in [0.4, 0.5) is 4.39 Å². The summed E-state index contributed by atoms with van der Waals surface area (Å²) in [5.74, 6) is -0.804. The molecule has 1 fully saturated rings. The molecule has 3 N–H and O–H groups in total. The van der Waals surface area contributed by atoms with E-state index in [4.69, 9.17) is 10.5 Å². The van der Waals surface area contributed by atoms with Crippen molar-refractivity contribution in [3.8, 4) is 11.1 Å². The van der Waals surface area contributed by atoms with Gasteiger partial charge in [-0.3, -0.25) is 4.79 Å². The van der Waals surface area contributed by atoms with Crippen molar-refractivity contribution in [2.45, 2.75) is 37.2 Å². The van der Waals surface area contributed by atoms with Crippen molar-refractivity contribution in [1.82, 2.24) is 9.62 Å². The van der Waals surface area contributed by atoms with Crippen molar-refractivity contribution >= 4 is 22.0 Å². The Morgan fingerprint density at radius 1 is 1.18 bits per heavy atom. The van der Waals surface area contributed by atoms with E-state index in [1.54, 1.807) is 52.2 Å². The van der Waals surface area contributed by atoms with E-state index in [9.17, 15) is 17.6 Å². The molecular formula is C29H35FN4O4S. The summed E-state index contributed by atoms with van der Waals surface area (Å²) in [6, 6.07) is 13.3. The maximum Gasteiger partial charge on any atom is 0.299 e. The number of amidine groups is 1. The van der Waals surface area contributed by atoms with E-state index in [1.165, 1.54) is 17.1 Å². The zero-order chi connectivity index (χ0) is 29.0. The first-order chi connectivity index (χ1) is 18.3. The summed E-state index contributed by atoms with van der Waals surface area (Å²) in [4.78, 5) is 18.0. The summed E-state index contributed by atoms with van der Waals surface area (Å²) >= 11 is 0. The van der Waals surface area contributed by atoms with Gasteiger partial charge in [0, 0.05) is 25.2 Å². The molecule has 1 aliphatic heterocycles. The van der Waals surface area contributed by atoms with Crippen LogP contribution in [0.5, 0.6) is 0 Å². The smallest absolute Gasteiger partial charge is 0.299 e. The maximum atomic E-state index is 14.1. The lowest BCUT2D eigenvalue weighted by molar-refractivity contribution is 0.0761. The summed E-state index contributed by atoms with van der Waals surface area (Å²) in [6.07, 6.45) is 3.07. The number of aliphatic imine (C=N–C) groups is 1. The molecule has 39 heavy (non-hydrogen) atoms. The number of carbonyl (C=O) groups is 1. The lowest BCUT2D eigenvalue weighted by atomic mass is 9.95. The number of nitrogens with one attached hydrogen (secondary N) is 1. The number of carbonyl (C=O) groups excluding carboxylic acids is 1. The number of allylic oxidation sites excluding steroid dienone is 2. The van der Waals surface area contributed by atoms with Crippen molar-refractivity contribution in [3.63, 3.8) is 0 Å². The highest BCUT2D eigenvalue weighted by atomic mass is 32.2. The van der Waals surface area contributed by atoms with Gasteiger partial charge in [-0.25, -0.2) is 22.5 Å². The summed E-state index contributed by atoms with van der Waals surface area (Å²) in [6.45, 7) is 10.4. The number of hydrogen-bond donors (Lipinski definition) is 2. The fourth-order valence-corrected chi connectivity index (χ4v) is 6.29. The SMILES string of the molecule is C=C/C=C(\C(=C)F)[C@H](CCN)N=C1NS(=O)(=O)C(c2ccc(-c3ccc(C(=O)N(C)C)cc3)cc2)C(C)(C)O1. The molecule has 1 saturated heterocycles. The van der Waals surface area contributed by atoms with Crippen LogP contribution in [0, 0.1) is 0 Å². The molecule has 8 nitrogen and oxygen atoms in total. The van der Waals surface area contributed by atoms with E-state index < -0.39 is 32.7 Å². The van der Waals surface area contributed by atoms with Gasteiger partial charge >= 0.3 is 0 Å². The molecule has 2 aromatic rings. The van der Waals surface area contributed by atoms with Crippen LogP contribution in [0.2, 0.25) is 0 Å². The van der Waals surface area contributed by atoms with E-state index in [0.717, 1.165) is 11.1 Å². The van der Waals surface area contributed by atoms with Crippen LogP contribution in [-0.4, -0.2) is 57.5 Å². The largest absolute Gasteiger partial charge is 0.457 e. The normalized spacial score (nSPS) is 19.9. The zero-order valence-electron chi connectivity index (χ0n) is 22.6. The monoisotopic (exact) mass is 554 g/mol. The van der Waals surface area contributed by atoms with Crippen LogP contribution in [0.1, 0.15) is 41.4 Å². The Hall–Kier alpha value is -3.76. The minimum Gasteiger partial charge on any atom is -0.457 e. The number of halogens is 1. The van der Waals surface area contributed by atoms with Crippen LogP contribution >= 0.6 is 0 Å². The Kier molecular flexibility index (Phi) is 9.14. The molecule has 2 atom stereocenters. The van der Waals surface area contributed by atoms with E-state index in [2.05, 4.69) is 22.9 Å². The van der Waals surface area contributed by atoms with Gasteiger partial charge in [0.25, 0.3) is 11.9 Å². The number of benzene rings is 2. The third-order valence-electron chi connectivity index (χ3n) is 6.30. The van der Waals surface area contributed by atoms with E-state index in [-0.39, 0.29) is 30.5 Å². The molecule has 0 spiro atoms. The molecule has 1 amide bonds. The average Bonchev–Trinajstić information content (AvgIpc) is 2.85. The molecule has 1 aliphatic rings. The Labute approximate surface area is 229 Å². The molecule has 0 aliphatic carbocycles. The Morgan fingerprint density at radius 3 is 2.21 bits per heavy atom. The Morgan fingerprint density at radius 2 is 1.74 bits per heavy atom. The lowest BCUT2D eigenvalue weighted by Gasteiger charge is -2.39. The number of ether oxygens (including phenoxy) is 1. The minimum atomic E-state index is -3.99. The Bertz CT molecular complexity index is 1400. The molecule has 0 bridgehead atoms. The standard InChI is InChI=1S/C29H35FN4O4S/c1-7-8-24(19(2)30)25(17-18-31)32-28-33-39(36,37)26(29(3,4)38-28)22-13-9-20(10-14-22)21-11-15-23(16-12-21)27(35)34(5)6/h7-16,25-26H,1-2,17-18,31H2,3-6H3,(H,32,33)/b24-8+/t25-,26?/m0/s1.